The van der Waals surface area contributed by atoms with Crippen LogP contribution in [0.4, 0.5) is 5.69 Å². The number of nitrogens with zero attached hydrogens (tertiary/aromatic N) is 2. The number of rotatable bonds is 5. The van der Waals surface area contributed by atoms with Gasteiger partial charge in [-0.3, -0.25) is 14.6 Å². The number of hydrogen-bond acceptors (Lipinski definition) is 4. The van der Waals surface area contributed by atoms with Crippen LogP contribution in [0.1, 0.15) is 17.4 Å². The van der Waals surface area contributed by atoms with E-state index in [0.717, 1.165) is 45.0 Å². The van der Waals surface area contributed by atoms with E-state index in [-0.39, 0.29) is 5.91 Å². The minimum Gasteiger partial charge on any atom is -0.326 e. The molecule has 1 aromatic heterocycles. The number of nitrogens with one attached hydrogen (secondary N) is 1. The molecule has 23 heavy (non-hydrogen) atoms. The van der Waals surface area contributed by atoms with Crippen molar-refractivity contribution in [1.29, 1.82) is 0 Å². The van der Waals surface area contributed by atoms with Crippen LogP contribution < -0.4 is 5.32 Å². The number of benzene rings is 1. The average molecular weight is 329 g/mol. The van der Waals surface area contributed by atoms with Crippen LogP contribution in [-0.2, 0) is 17.9 Å². The van der Waals surface area contributed by atoms with Crippen molar-refractivity contribution in [2.24, 2.45) is 0 Å². The van der Waals surface area contributed by atoms with Crippen LogP contribution in [0.3, 0.4) is 0 Å². The molecule has 0 saturated carbocycles. The monoisotopic (exact) mass is 329 g/mol. The van der Waals surface area contributed by atoms with Crippen LogP contribution in [0.2, 0.25) is 0 Å². The summed E-state index contributed by atoms with van der Waals surface area (Å²) in [5, 5.41) is 5.07. The number of amides is 1. The van der Waals surface area contributed by atoms with E-state index >= 15 is 0 Å². The van der Waals surface area contributed by atoms with Gasteiger partial charge in [0.15, 0.2) is 0 Å². The molecule has 2 aromatic rings. The first-order valence-electron chi connectivity index (χ1n) is 8.03. The van der Waals surface area contributed by atoms with Gasteiger partial charge in [0, 0.05) is 56.8 Å². The van der Waals surface area contributed by atoms with Gasteiger partial charge in [0.1, 0.15) is 0 Å². The highest BCUT2D eigenvalue weighted by Crippen LogP contribution is 2.19. The Morgan fingerprint density at radius 1 is 1.04 bits per heavy atom. The van der Waals surface area contributed by atoms with Gasteiger partial charge < -0.3 is 5.32 Å². The van der Waals surface area contributed by atoms with Crippen LogP contribution in [0.25, 0.3) is 0 Å². The Labute approximate surface area is 141 Å². The van der Waals surface area contributed by atoms with Gasteiger partial charge >= 0.3 is 0 Å². The Hall–Kier alpha value is -1.69. The number of hydrogen-bond donors (Lipinski definition) is 1. The van der Waals surface area contributed by atoms with E-state index in [2.05, 4.69) is 38.7 Å². The minimum absolute atomic E-state index is 0.0155. The zero-order chi connectivity index (χ0) is 16.1. The molecule has 1 N–H and O–H groups in total. The van der Waals surface area contributed by atoms with Crippen LogP contribution in [0.5, 0.6) is 0 Å². The molecule has 5 heteroatoms. The van der Waals surface area contributed by atoms with Crippen molar-refractivity contribution in [3.8, 4) is 0 Å². The lowest BCUT2D eigenvalue weighted by atomic mass is 10.1. The summed E-state index contributed by atoms with van der Waals surface area (Å²) in [6, 6.07) is 12.4. The van der Waals surface area contributed by atoms with E-state index < -0.39 is 0 Å². The Bertz CT molecular complexity index is 633. The van der Waals surface area contributed by atoms with Crippen molar-refractivity contribution in [3.05, 3.63) is 52.2 Å². The molecule has 0 spiro atoms. The smallest absolute Gasteiger partial charge is 0.221 e. The standard InChI is InChI=1S/C18H23N3OS/c1-15(22)19-18-7-3-2-5-16(18)13-20-8-10-21(11-9-20)14-17-6-4-12-23-17/h2-7,12H,8-11,13-14H2,1H3,(H,19,22). The Balaban J connectivity index is 1.53. The summed E-state index contributed by atoms with van der Waals surface area (Å²) in [6.45, 7) is 7.84. The van der Waals surface area contributed by atoms with Crippen molar-refractivity contribution in [2.45, 2.75) is 20.0 Å². The quantitative estimate of drug-likeness (QED) is 0.916. The van der Waals surface area contributed by atoms with Crippen molar-refractivity contribution < 1.29 is 4.79 Å². The number of carbonyl (C=O) groups is 1. The minimum atomic E-state index is -0.0155. The molecule has 122 valence electrons. The Morgan fingerprint density at radius 3 is 2.39 bits per heavy atom. The first-order valence-corrected chi connectivity index (χ1v) is 8.91. The van der Waals surface area contributed by atoms with Gasteiger partial charge in [0.25, 0.3) is 0 Å². The fourth-order valence-electron chi connectivity index (χ4n) is 2.94. The average Bonchev–Trinajstić information content (AvgIpc) is 3.04. The topological polar surface area (TPSA) is 35.6 Å². The molecule has 1 saturated heterocycles. The van der Waals surface area contributed by atoms with Gasteiger partial charge in [-0.1, -0.05) is 24.3 Å². The molecular formula is C18H23N3OS. The van der Waals surface area contributed by atoms with Gasteiger partial charge in [-0.15, -0.1) is 11.3 Å². The highest BCUT2D eigenvalue weighted by atomic mass is 32.1. The van der Waals surface area contributed by atoms with Crippen LogP contribution in [0, 0.1) is 0 Å². The number of para-hydroxylation sites is 1. The molecule has 1 amide bonds. The largest absolute Gasteiger partial charge is 0.326 e. The summed E-state index contributed by atoms with van der Waals surface area (Å²) < 4.78 is 0. The van der Waals surface area contributed by atoms with Crippen molar-refractivity contribution in [2.75, 3.05) is 31.5 Å². The van der Waals surface area contributed by atoms with E-state index in [1.165, 1.54) is 10.4 Å². The van der Waals surface area contributed by atoms with Gasteiger partial charge in [0.2, 0.25) is 5.91 Å². The first kappa shape index (κ1) is 16.2. The summed E-state index contributed by atoms with van der Waals surface area (Å²) in [5.74, 6) is -0.0155. The lowest BCUT2D eigenvalue weighted by Gasteiger charge is -2.34. The van der Waals surface area contributed by atoms with Crippen LogP contribution in [-0.4, -0.2) is 41.9 Å². The summed E-state index contributed by atoms with van der Waals surface area (Å²) in [6.07, 6.45) is 0. The molecule has 4 nitrogen and oxygen atoms in total. The molecule has 0 radical (unpaired) electrons. The van der Waals surface area contributed by atoms with Crippen molar-refractivity contribution in [3.63, 3.8) is 0 Å². The molecule has 1 fully saturated rings. The highest BCUT2D eigenvalue weighted by molar-refractivity contribution is 7.09. The Kier molecular flexibility index (Phi) is 5.43. The zero-order valence-corrected chi connectivity index (χ0v) is 14.3. The number of carbonyl (C=O) groups excluding carboxylic acids is 1. The highest BCUT2D eigenvalue weighted by Gasteiger charge is 2.18. The maximum absolute atomic E-state index is 11.3. The Morgan fingerprint density at radius 2 is 1.74 bits per heavy atom. The predicted molar refractivity (Wildman–Crippen MR) is 95.6 cm³/mol. The van der Waals surface area contributed by atoms with E-state index in [1.807, 2.05) is 29.5 Å². The molecule has 1 aliphatic heterocycles. The lowest BCUT2D eigenvalue weighted by Crippen LogP contribution is -2.45. The second-order valence-electron chi connectivity index (χ2n) is 5.97. The molecule has 0 unspecified atom stereocenters. The molecule has 2 heterocycles. The van der Waals surface area contributed by atoms with E-state index in [9.17, 15) is 4.79 Å². The number of anilines is 1. The maximum Gasteiger partial charge on any atom is 0.221 e. The normalized spacial score (nSPS) is 16.4. The van der Waals surface area contributed by atoms with E-state index in [4.69, 9.17) is 0 Å². The molecular weight excluding hydrogens is 306 g/mol. The van der Waals surface area contributed by atoms with Gasteiger partial charge in [0.05, 0.1) is 0 Å². The third kappa shape index (κ3) is 4.64. The first-order chi connectivity index (χ1) is 11.2. The SMILES string of the molecule is CC(=O)Nc1ccccc1CN1CCN(Cc2cccs2)CC1. The second-order valence-corrected chi connectivity index (χ2v) is 7.00. The maximum atomic E-state index is 11.3. The summed E-state index contributed by atoms with van der Waals surface area (Å²) in [4.78, 5) is 17.7. The molecule has 0 atom stereocenters. The number of piperazine rings is 1. The zero-order valence-electron chi connectivity index (χ0n) is 13.5. The van der Waals surface area contributed by atoms with Gasteiger partial charge in [-0.25, -0.2) is 0 Å². The van der Waals surface area contributed by atoms with Crippen LogP contribution >= 0.6 is 11.3 Å². The molecule has 0 aliphatic carbocycles. The predicted octanol–water partition coefficient (Wildman–Crippen LogP) is 3.02. The summed E-state index contributed by atoms with van der Waals surface area (Å²) >= 11 is 1.83. The fourth-order valence-corrected chi connectivity index (χ4v) is 3.69. The molecule has 3 rings (SSSR count). The van der Waals surface area contributed by atoms with Crippen molar-refractivity contribution >= 4 is 22.9 Å². The fraction of sp³-hybridized carbons (Fsp3) is 0.389. The second kappa shape index (κ2) is 7.73. The summed E-state index contributed by atoms with van der Waals surface area (Å²) in [5.41, 5.74) is 2.12. The molecule has 0 bridgehead atoms. The van der Waals surface area contributed by atoms with Gasteiger partial charge in [-0.05, 0) is 23.1 Å². The lowest BCUT2D eigenvalue weighted by molar-refractivity contribution is -0.114. The summed E-state index contributed by atoms with van der Waals surface area (Å²) in [7, 11) is 0. The molecule has 1 aliphatic rings. The van der Waals surface area contributed by atoms with E-state index in [1.54, 1.807) is 6.92 Å². The number of thiophene rings is 1. The van der Waals surface area contributed by atoms with E-state index in [0.29, 0.717) is 0 Å². The van der Waals surface area contributed by atoms with Crippen LogP contribution in [0.15, 0.2) is 41.8 Å². The third-order valence-electron chi connectivity index (χ3n) is 4.15. The van der Waals surface area contributed by atoms with Crippen molar-refractivity contribution in [1.82, 2.24) is 9.80 Å². The third-order valence-corrected chi connectivity index (χ3v) is 5.01. The molecule has 1 aromatic carbocycles. The van der Waals surface area contributed by atoms with Gasteiger partial charge in [-0.2, -0.15) is 0 Å².